The van der Waals surface area contributed by atoms with Gasteiger partial charge >= 0.3 is 0 Å². The van der Waals surface area contributed by atoms with Crippen molar-refractivity contribution >= 4 is 11.0 Å². The monoisotopic (exact) mass is 338 g/mol. The second kappa shape index (κ2) is 7.09. The lowest BCUT2D eigenvalue weighted by Crippen LogP contribution is -2.02. The molecule has 3 aromatic rings. The number of aryl methyl sites for hydroxylation is 1. The lowest BCUT2D eigenvalue weighted by atomic mass is 10.2. The van der Waals surface area contributed by atoms with Crippen LogP contribution < -0.4 is 4.74 Å². The van der Waals surface area contributed by atoms with E-state index in [1.165, 1.54) is 29.0 Å². The summed E-state index contributed by atoms with van der Waals surface area (Å²) in [6.07, 6.45) is 3.97. The van der Waals surface area contributed by atoms with Gasteiger partial charge in [0, 0.05) is 24.5 Å². The Kier molecular flexibility index (Phi) is 4.88. The molecule has 0 fully saturated rings. The first-order valence-electron chi connectivity index (χ1n) is 8.42. The van der Waals surface area contributed by atoms with Gasteiger partial charge in [0.25, 0.3) is 0 Å². The van der Waals surface area contributed by atoms with Gasteiger partial charge in [-0.15, -0.1) is 0 Å². The van der Waals surface area contributed by atoms with E-state index >= 15 is 0 Å². The van der Waals surface area contributed by atoms with E-state index in [-0.39, 0.29) is 5.82 Å². The normalized spacial score (nSPS) is 10.9. The fourth-order valence-corrected chi connectivity index (χ4v) is 2.87. The van der Waals surface area contributed by atoms with Crippen LogP contribution in [0.25, 0.3) is 11.0 Å². The molecule has 130 valence electrons. The van der Waals surface area contributed by atoms with Crippen molar-refractivity contribution in [2.24, 2.45) is 0 Å². The molecule has 0 spiro atoms. The number of hydrogen-bond acceptors (Lipinski definition) is 2. The van der Waals surface area contributed by atoms with Gasteiger partial charge < -0.3 is 9.30 Å². The predicted octanol–water partition coefficient (Wildman–Crippen LogP) is 5.34. The number of fused-ring (bicyclic) bond motifs is 1. The van der Waals surface area contributed by atoms with E-state index in [4.69, 9.17) is 4.74 Å². The number of allylic oxidation sites excluding steroid dienone is 2. The van der Waals surface area contributed by atoms with Crippen molar-refractivity contribution in [2.75, 3.05) is 0 Å². The maximum atomic E-state index is 13.1. The topological polar surface area (TPSA) is 27.1 Å². The second-order valence-electron chi connectivity index (χ2n) is 6.52. The summed E-state index contributed by atoms with van der Waals surface area (Å²) in [4.78, 5) is 4.55. The SMILES string of the molecule is CC(C)=CCn1c(C)c(C)c2nccc(OCc3ccc(F)cc3)c21. The maximum absolute atomic E-state index is 13.1. The summed E-state index contributed by atoms with van der Waals surface area (Å²) < 4.78 is 21.3. The molecule has 3 nitrogen and oxygen atoms in total. The van der Waals surface area contributed by atoms with Crippen molar-refractivity contribution in [1.82, 2.24) is 9.55 Å². The van der Waals surface area contributed by atoms with Crippen molar-refractivity contribution in [3.8, 4) is 5.75 Å². The molecular weight excluding hydrogens is 315 g/mol. The fourth-order valence-electron chi connectivity index (χ4n) is 2.87. The van der Waals surface area contributed by atoms with E-state index in [0.29, 0.717) is 6.61 Å². The molecule has 0 aliphatic rings. The Labute approximate surface area is 147 Å². The van der Waals surface area contributed by atoms with Gasteiger partial charge in [-0.3, -0.25) is 4.98 Å². The molecule has 0 amide bonds. The average Bonchev–Trinajstić information content (AvgIpc) is 2.84. The Bertz CT molecular complexity index is 919. The van der Waals surface area contributed by atoms with Crippen LogP contribution in [0, 0.1) is 19.7 Å². The number of aromatic nitrogens is 2. The highest BCUT2D eigenvalue weighted by Gasteiger charge is 2.15. The molecule has 0 saturated carbocycles. The summed E-state index contributed by atoms with van der Waals surface area (Å²) >= 11 is 0. The van der Waals surface area contributed by atoms with Crippen LogP contribution in [0.4, 0.5) is 4.39 Å². The highest BCUT2D eigenvalue weighted by Crippen LogP contribution is 2.31. The minimum Gasteiger partial charge on any atom is -0.487 e. The van der Waals surface area contributed by atoms with Crippen LogP contribution in [-0.4, -0.2) is 9.55 Å². The molecule has 0 atom stereocenters. The van der Waals surface area contributed by atoms with Crippen LogP contribution in [0.3, 0.4) is 0 Å². The molecule has 0 aliphatic carbocycles. The first kappa shape index (κ1) is 17.2. The number of benzene rings is 1. The standard InChI is InChI=1S/C21H23FN2O/c1-14(2)10-12-24-16(4)15(3)20-21(24)19(9-11-23-20)25-13-17-5-7-18(22)8-6-17/h5-11H,12-13H2,1-4H3. The van der Waals surface area contributed by atoms with Gasteiger partial charge in [-0.25, -0.2) is 4.39 Å². The Morgan fingerprint density at radius 1 is 1.16 bits per heavy atom. The molecule has 3 rings (SSSR count). The molecule has 0 N–H and O–H groups in total. The molecule has 0 unspecified atom stereocenters. The lowest BCUT2D eigenvalue weighted by Gasteiger charge is -2.11. The third-order valence-electron chi connectivity index (χ3n) is 4.45. The van der Waals surface area contributed by atoms with Crippen molar-refractivity contribution < 1.29 is 9.13 Å². The van der Waals surface area contributed by atoms with Crippen LogP contribution in [-0.2, 0) is 13.2 Å². The fraction of sp³-hybridized carbons (Fsp3) is 0.286. The summed E-state index contributed by atoms with van der Waals surface area (Å²) in [5.41, 5.74) is 6.55. The molecule has 2 aromatic heterocycles. The zero-order valence-electron chi connectivity index (χ0n) is 15.1. The number of nitrogens with zero attached hydrogens (tertiary/aromatic N) is 2. The average molecular weight is 338 g/mol. The minimum atomic E-state index is -0.239. The lowest BCUT2D eigenvalue weighted by molar-refractivity contribution is 0.308. The summed E-state index contributed by atoms with van der Waals surface area (Å²) in [7, 11) is 0. The third kappa shape index (κ3) is 3.58. The van der Waals surface area contributed by atoms with Crippen molar-refractivity contribution in [3.05, 3.63) is 70.8 Å². The van der Waals surface area contributed by atoms with Crippen LogP contribution in [0.5, 0.6) is 5.75 Å². The van der Waals surface area contributed by atoms with Crippen LogP contribution in [0.2, 0.25) is 0 Å². The highest BCUT2D eigenvalue weighted by molar-refractivity contribution is 5.86. The Hall–Kier alpha value is -2.62. The van der Waals surface area contributed by atoms with E-state index in [0.717, 1.165) is 28.9 Å². The van der Waals surface area contributed by atoms with E-state index in [2.05, 4.69) is 43.3 Å². The van der Waals surface area contributed by atoms with E-state index in [1.54, 1.807) is 18.3 Å². The molecule has 2 heterocycles. The van der Waals surface area contributed by atoms with Crippen LogP contribution in [0.1, 0.15) is 30.7 Å². The van der Waals surface area contributed by atoms with E-state index < -0.39 is 0 Å². The molecule has 4 heteroatoms. The second-order valence-corrected chi connectivity index (χ2v) is 6.52. The highest BCUT2D eigenvalue weighted by atomic mass is 19.1. The zero-order chi connectivity index (χ0) is 18.0. The van der Waals surface area contributed by atoms with Crippen molar-refractivity contribution in [1.29, 1.82) is 0 Å². The van der Waals surface area contributed by atoms with Crippen LogP contribution in [0.15, 0.2) is 48.2 Å². The Morgan fingerprint density at radius 3 is 2.56 bits per heavy atom. The smallest absolute Gasteiger partial charge is 0.147 e. The summed E-state index contributed by atoms with van der Waals surface area (Å²) in [6, 6.07) is 8.28. The van der Waals surface area contributed by atoms with Gasteiger partial charge in [-0.2, -0.15) is 0 Å². The van der Waals surface area contributed by atoms with Gasteiger partial charge in [0.15, 0.2) is 0 Å². The number of pyridine rings is 1. The van der Waals surface area contributed by atoms with Gasteiger partial charge in [-0.05, 0) is 51.0 Å². The summed E-state index contributed by atoms with van der Waals surface area (Å²) in [5.74, 6) is 0.560. The quantitative estimate of drug-likeness (QED) is 0.587. The zero-order valence-corrected chi connectivity index (χ0v) is 15.1. The van der Waals surface area contributed by atoms with Gasteiger partial charge in [-0.1, -0.05) is 23.8 Å². The van der Waals surface area contributed by atoms with E-state index in [9.17, 15) is 4.39 Å². The van der Waals surface area contributed by atoms with Gasteiger partial charge in [0.05, 0.1) is 5.52 Å². The predicted molar refractivity (Wildman–Crippen MR) is 99.4 cm³/mol. The summed E-state index contributed by atoms with van der Waals surface area (Å²) in [5, 5.41) is 0. The first-order chi connectivity index (χ1) is 12.0. The molecule has 25 heavy (non-hydrogen) atoms. The maximum Gasteiger partial charge on any atom is 0.147 e. The Balaban J connectivity index is 1.98. The van der Waals surface area contributed by atoms with Crippen LogP contribution >= 0.6 is 0 Å². The molecule has 0 aliphatic heterocycles. The largest absolute Gasteiger partial charge is 0.487 e. The molecule has 1 aromatic carbocycles. The number of ether oxygens (including phenoxy) is 1. The number of rotatable bonds is 5. The molecule has 0 saturated heterocycles. The van der Waals surface area contributed by atoms with Gasteiger partial charge in [0.1, 0.15) is 23.7 Å². The molecular formula is C21H23FN2O. The van der Waals surface area contributed by atoms with E-state index in [1.807, 2.05) is 6.07 Å². The number of halogens is 1. The van der Waals surface area contributed by atoms with Gasteiger partial charge in [0.2, 0.25) is 0 Å². The first-order valence-corrected chi connectivity index (χ1v) is 8.42. The summed E-state index contributed by atoms with van der Waals surface area (Å²) in [6.45, 7) is 9.58. The Morgan fingerprint density at radius 2 is 1.88 bits per heavy atom. The van der Waals surface area contributed by atoms with Crippen molar-refractivity contribution in [3.63, 3.8) is 0 Å². The van der Waals surface area contributed by atoms with Crippen molar-refractivity contribution in [2.45, 2.75) is 40.8 Å². The minimum absolute atomic E-state index is 0.239. The molecule has 0 bridgehead atoms. The molecule has 0 radical (unpaired) electrons. The number of hydrogen-bond donors (Lipinski definition) is 0. The third-order valence-corrected chi connectivity index (χ3v) is 4.45.